The molecule has 6 aromatic rings. The lowest BCUT2D eigenvalue weighted by atomic mass is 9.91. The van der Waals surface area contributed by atoms with Gasteiger partial charge in [0.25, 0.3) is 0 Å². The van der Waals surface area contributed by atoms with Gasteiger partial charge in [0.1, 0.15) is 11.3 Å². The third kappa shape index (κ3) is 2.64. The summed E-state index contributed by atoms with van der Waals surface area (Å²) >= 11 is 0. The first kappa shape index (κ1) is 16.7. The van der Waals surface area contributed by atoms with Crippen molar-refractivity contribution in [2.24, 2.45) is 0 Å². The van der Waals surface area contributed by atoms with E-state index in [9.17, 15) is 0 Å². The summed E-state index contributed by atoms with van der Waals surface area (Å²) in [6, 6.07) is 22.9. The Morgan fingerprint density at radius 3 is 2.67 bits per heavy atom. The van der Waals surface area contributed by atoms with Crippen LogP contribution in [0.3, 0.4) is 0 Å². The number of rotatable bonds is 2. The lowest BCUT2D eigenvalue weighted by Gasteiger charge is -2.13. The molecule has 0 atom stereocenters. The molecule has 0 bridgehead atoms. The van der Waals surface area contributed by atoms with Gasteiger partial charge in [-0.25, -0.2) is 0 Å². The highest BCUT2D eigenvalue weighted by molar-refractivity contribution is 6.17. The van der Waals surface area contributed by atoms with Crippen molar-refractivity contribution >= 4 is 49.6 Å². The van der Waals surface area contributed by atoms with Gasteiger partial charge >= 0.3 is 0 Å². The Bertz CT molecular complexity index is 1860. The van der Waals surface area contributed by atoms with Crippen LogP contribution in [-0.2, 0) is 6.37 Å². The highest BCUT2D eigenvalue weighted by atomic mass is 16.3. The Hall–Kier alpha value is -3.91. The molecule has 0 radical (unpaired) electrons. The summed E-state index contributed by atoms with van der Waals surface area (Å²) in [7, 11) is 0. The van der Waals surface area contributed by atoms with E-state index < -0.39 is 6.37 Å². The van der Waals surface area contributed by atoms with E-state index in [-0.39, 0.29) is 0 Å². The van der Waals surface area contributed by atoms with Crippen LogP contribution in [0, 0.1) is 0 Å². The fourth-order valence-corrected chi connectivity index (χ4v) is 5.30. The monoisotopic (exact) mass is 427 g/mol. The van der Waals surface area contributed by atoms with Crippen molar-refractivity contribution in [3.8, 4) is 11.3 Å². The Morgan fingerprint density at radius 2 is 1.76 bits per heavy atom. The second-order valence-electron chi connectivity index (χ2n) is 9.13. The van der Waals surface area contributed by atoms with Crippen molar-refractivity contribution in [3.63, 3.8) is 0 Å². The van der Waals surface area contributed by atoms with E-state index in [1.165, 1.54) is 16.3 Å². The molecule has 2 aromatic heterocycles. The van der Waals surface area contributed by atoms with Crippen molar-refractivity contribution in [1.82, 2.24) is 4.98 Å². The summed E-state index contributed by atoms with van der Waals surface area (Å²) in [6.45, 7) is 4.44. The standard InChI is InChI=1S/C31H23NO/c1-18(2)26-17-22(15-20-7-3-4-11-23(20)26)29-31-24(13-14-32-29)27-16-21-10-5-8-19-9-6-12-25(28(19)21)30(27)33-31/h3-8,10-18H,9H2,1-2H3/i9D2. The minimum Gasteiger partial charge on any atom is -0.453 e. The van der Waals surface area contributed by atoms with Gasteiger partial charge in [-0.3, -0.25) is 4.98 Å². The average molecular weight is 428 g/mol. The lowest BCUT2D eigenvalue weighted by molar-refractivity contribution is 0.668. The summed E-state index contributed by atoms with van der Waals surface area (Å²) in [5.41, 5.74) is 6.34. The van der Waals surface area contributed by atoms with Crippen LogP contribution in [0.25, 0.3) is 60.8 Å². The number of hydrogen-bond acceptors (Lipinski definition) is 2. The number of furan rings is 1. The van der Waals surface area contributed by atoms with Gasteiger partial charge < -0.3 is 4.42 Å². The number of pyridine rings is 1. The number of fused-ring (bicyclic) bond motifs is 5. The minimum absolute atomic E-state index is 0.378. The molecule has 2 heteroatoms. The third-order valence-electron chi connectivity index (χ3n) is 6.83. The summed E-state index contributed by atoms with van der Waals surface area (Å²) in [6.07, 6.45) is 3.86. The zero-order valence-corrected chi connectivity index (χ0v) is 18.5. The van der Waals surface area contributed by atoms with Gasteiger partial charge in [-0.2, -0.15) is 0 Å². The van der Waals surface area contributed by atoms with E-state index in [4.69, 9.17) is 12.1 Å². The lowest BCUT2D eigenvalue weighted by Crippen LogP contribution is -1.93. The number of allylic oxidation sites excluding steroid dienone is 1. The van der Waals surface area contributed by atoms with Gasteiger partial charge in [-0.1, -0.05) is 68.5 Å². The largest absolute Gasteiger partial charge is 0.453 e. The molecular weight excluding hydrogens is 402 g/mol. The van der Waals surface area contributed by atoms with Crippen molar-refractivity contribution in [3.05, 3.63) is 95.7 Å². The second-order valence-corrected chi connectivity index (χ2v) is 9.13. The zero-order chi connectivity index (χ0) is 23.9. The molecule has 1 aliphatic rings. The van der Waals surface area contributed by atoms with Gasteiger partial charge in [0.15, 0.2) is 5.58 Å². The average Bonchev–Trinajstić information content (AvgIpc) is 3.23. The predicted octanol–water partition coefficient (Wildman–Crippen LogP) is 8.65. The van der Waals surface area contributed by atoms with Crippen LogP contribution in [0.5, 0.6) is 0 Å². The van der Waals surface area contributed by atoms with Crippen LogP contribution in [0.4, 0.5) is 0 Å². The minimum atomic E-state index is -1.50. The fourth-order valence-electron chi connectivity index (χ4n) is 5.30. The van der Waals surface area contributed by atoms with Crippen LogP contribution in [0.1, 0.15) is 39.2 Å². The second kappa shape index (κ2) is 6.79. The molecule has 0 fully saturated rings. The summed E-state index contributed by atoms with van der Waals surface area (Å²) in [5, 5.41) is 6.46. The normalized spacial score (nSPS) is 15.6. The molecule has 0 aliphatic heterocycles. The molecule has 0 amide bonds. The SMILES string of the molecule is [2H]C1([2H])C=Cc2c3oc4c(-c5cc(C(C)C)c6ccccc6c5)nccc4c3cc3cccc1c23. The molecule has 1 aliphatic carbocycles. The van der Waals surface area contributed by atoms with Crippen LogP contribution in [0.15, 0.2) is 83.4 Å². The first-order chi connectivity index (χ1) is 16.9. The van der Waals surface area contributed by atoms with E-state index in [1.54, 1.807) is 6.08 Å². The van der Waals surface area contributed by atoms with Crippen molar-refractivity contribution in [1.29, 1.82) is 0 Å². The van der Waals surface area contributed by atoms with Crippen molar-refractivity contribution < 1.29 is 7.16 Å². The van der Waals surface area contributed by atoms with E-state index >= 15 is 0 Å². The molecule has 158 valence electrons. The molecule has 4 aromatic carbocycles. The van der Waals surface area contributed by atoms with E-state index in [2.05, 4.69) is 62.4 Å². The van der Waals surface area contributed by atoms with Crippen LogP contribution in [0.2, 0.25) is 0 Å². The molecule has 0 unspecified atom stereocenters. The maximum atomic E-state index is 8.46. The maximum absolute atomic E-state index is 8.46. The topological polar surface area (TPSA) is 26.0 Å². The summed E-state index contributed by atoms with van der Waals surface area (Å²) in [4.78, 5) is 4.79. The molecule has 0 saturated heterocycles. The predicted molar refractivity (Wildman–Crippen MR) is 139 cm³/mol. The maximum Gasteiger partial charge on any atom is 0.161 e. The Kier molecular flexibility index (Phi) is 3.43. The number of nitrogens with zero attached hydrogens (tertiary/aromatic N) is 1. The van der Waals surface area contributed by atoms with Crippen molar-refractivity contribution in [2.75, 3.05) is 0 Å². The van der Waals surface area contributed by atoms with Gasteiger partial charge in [0, 0.05) is 30.8 Å². The van der Waals surface area contributed by atoms with E-state index in [0.29, 0.717) is 11.5 Å². The van der Waals surface area contributed by atoms with Crippen LogP contribution < -0.4 is 0 Å². The van der Waals surface area contributed by atoms with Crippen LogP contribution >= 0.6 is 0 Å². The van der Waals surface area contributed by atoms with Gasteiger partial charge in [0.05, 0.1) is 0 Å². The molecule has 2 heterocycles. The number of hydrogen-bond donors (Lipinski definition) is 0. The Labute approximate surface area is 195 Å². The molecule has 2 nitrogen and oxygen atoms in total. The molecule has 0 saturated carbocycles. The van der Waals surface area contributed by atoms with Crippen LogP contribution in [-0.4, -0.2) is 4.98 Å². The van der Waals surface area contributed by atoms with E-state index in [1.807, 2.05) is 30.5 Å². The molecular formula is C31H23NO. The smallest absolute Gasteiger partial charge is 0.161 e. The van der Waals surface area contributed by atoms with Crippen molar-refractivity contribution in [2.45, 2.75) is 26.1 Å². The summed E-state index contributed by atoms with van der Waals surface area (Å²) < 4.78 is 23.5. The molecule has 0 spiro atoms. The number of benzene rings is 4. The first-order valence-electron chi connectivity index (χ1n) is 12.4. The Morgan fingerprint density at radius 1 is 0.879 bits per heavy atom. The third-order valence-corrected chi connectivity index (χ3v) is 6.83. The van der Waals surface area contributed by atoms with Gasteiger partial charge in [-0.05, 0) is 69.2 Å². The molecule has 33 heavy (non-hydrogen) atoms. The fraction of sp³-hybridized carbons (Fsp3) is 0.129. The molecule has 7 rings (SSSR count). The first-order valence-corrected chi connectivity index (χ1v) is 11.4. The quantitative estimate of drug-likeness (QED) is 0.276. The highest BCUT2D eigenvalue weighted by Gasteiger charge is 2.20. The van der Waals surface area contributed by atoms with Gasteiger partial charge in [0.2, 0.25) is 0 Å². The van der Waals surface area contributed by atoms with E-state index in [0.717, 1.165) is 49.5 Å². The van der Waals surface area contributed by atoms with Gasteiger partial charge in [-0.15, -0.1) is 0 Å². The Balaban J connectivity index is 1.57. The number of aromatic nitrogens is 1. The zero-order valence-electron chi connectivity index (χ0n) is 20.5. The summed E-state index contributed by atoms with van der Waals surface area (Å²) in [5.74, 6) is 0.378. The highest BCUT2D eigenvalue weighted by Crippen LogP contribution is 2.42. The molecule has 0 N–H and O–H groups in total.